The summed E-state index contributed by atoms with van der Waals surface area (Å²) in [6.45, 7) is 2.93. The van der Waals surface area contributed by atoms with Gasteiger partial charge in [-0.25, -0.2) is 0 Å². The van der Waals surface area contributed by atoms with Gasteiger partial charge in [0.25, 0.3) is 0 Å². The maximum absolute atomic E-state index is 11.0. The molecule has 13 N–H and O–H groups in total. The summed E-state index contributed by atoms with van der Waals surface area (Å²) in [6.07, 6.45) is -13.2. The molecule has 0 aromatic rings. The zero-order chi connectivity index (χ0) is 25.5. The molecule has 0 spiro atoms. The van der Waals surface area contributed by atoms with Crippen molar-refractivity contribution in [1.82, 2.24) is 5.32 Å². The van der Waals surface area contributed by atoms with E-state index in [4.69, 9.17) is 36.1 Å². The van der Waals surface area contributed by atoms with Crippen LogP contribution in [-0.4, -0.2) is 135 Å². The second-order valence-electron chi connectivity index (χ2n) is 9.85. The number of hydrogen-bond acceptors (Lipinski definition) is 14. The van der Waals surface area contributed by atoms with E-state index in [-0.39, 0.29) is 13.0 Å². The molecule has 0 radical (unpaired) electrons. The van der Waals surface area contributed by atoms with E-state index in [1.54, 1.807) is 14.0 Å². The number of ether oxygens (including phenoxy) is 4. The molecular weight excluding hydrogens is 456 g/mol. The van der Waals surface area contributed by atoms with E-state index in [9.17, 15) is 30.6 Å². The first kappa shape index (κ1) is 28.0. The SMILES string of the molecule is CN[C@@H]1[C@@H](O)[C@@H](O[C@@H]2[C@@H](O)[C@H](O[C@H]3O[C@H](C(C)N)[C@@H](O)[C@H](O)[C@H]3O)[C@@H](N)C[C@H]2N)OC[C@]1(C)O. The summed E-state index contributed by atoms with van der Waals surface area (Å²) in [4.78, 5) is 0. The lowest BCUT2D eigenvalue weighted by atomic mass is 9.84. The normalized spacial score (nSPS) is 53.5. The van der Waals surface area contributed by atoms with Gasteiger partial charge in [0.2, 0.25) is 0 Å². The fourth-order valence-electron chi connectivity index (χ4n) is 4.94. The predicted molar refractivity (Wildman–Crippen MR) is 116 cm³/mol. The van der Waals surface area contributed by atoms with Crippen LogP contribution in [0, 0.1) is 0 Å². The van der Waals surface area contributed by atoms with Crippen LogP contribution in [-0.2, 0) is 18.9 Å². The van der Waals surface area contributed by atoms with Crippen LogP contribution in [0.1, 0.15) is 20.3 Å². The average molecular weight is 497 g/mol. The quantitative estimate of drug-likeness (QED) is 0.165. The number of aliphatic hydroxyl groups is 6. The number of nitrogens with one attached hydrogen (secondary N) is 1. The third-order valence-electron chi connectivity index (χ3n) is 6.91. The molecule has 0 aromatic heterocycles. The molecule has 0 amide bonds. The molecule has 1 unspecified atom stereocenters. The van der Waals surface area contributed by atoms with E-state index in [0.717, 1.165) is 0 Å². The molecule has 2 heterocycles. The lowest BCUT2D eigenvalue weighted by Crippen LogP contribution is -2.69. The van der Waals surface area contributed by atoms with Crippen molar-refractivity contribution in [2.24, 2.45) is 17.2 Å². The Morgan fingerprint density at radius 1 is 0.912 bits per heavy atom. The van der Waals surface area contributed by atoms with Gasteiger partial charge >= 0.3 is 0 Å². The highest BCUT2D eigenvalue weighted by molar-refractivity contribution is 5.02. The van der Waals surface area contributed by atoms with Gasteiger partial charge in [-0.3, -0.25) is 0 Å². The molecular formula is C20H40N4O10. The molecule has 0 bridgehead atoms. The fourth-order valence-corrected chi connectivity index (χ4v) is 4.94. The summed E-state index contributed by atoms with van der Waals surface area (Å²) in [5.74, 6) is 0. The van der Waals surface area contributed by atoms with Crippen LogP contribution in [0.15, 0.2) is 0 Å². The van der Waals surface area contributed by atoms with Crippen molar-refractivity contribution in [2.45, 2.75) is 111 Å². The first-order valence-corrected chi connectivity index (χ1v) is 11.4. The van der Waals surface area contributed by atoms with E-state index >= 15 is 0 Å². The van der Waals surface area contributed by atoms with Crippen LogP contribution >= 0.6 is 0 Å². The first-order chi connectivity index (χ1) is 15.8. The number of rotatable bonds is 6. The monoisotopic (exact) mass is 496 g/mol. The van der Waals surface area contributed by atoms with Gasteiger partial charge in [-0.1, -0.05) is 0 Å². The molecule has 2 aliphatic heterocycles. The third-order valence-corrected chi connectivity index (χ3v) is 6.91. The third kappa shape index (κ3) is 5.40. The Bertz CT molecular complexity index is 675. The highest BCUT2D eigenvalue weighted by Crippen LogP contribution is 2.32. The molecule has 3 fully saturated rings. The Balaban J connectivity index is 1.73. The smallest absolute Gasteiger partial charge is 0.187 e. The zero-order valence-electron chi connectivity index (χ0n) is 19.5. The van der Waals surface area contributed by atoms with Crippen molar-refractivity contribution in [1.29, 1.82) is 0 Å². The summed E-state index contributed by atoms with van der Waals surface area (Å²) in [5, 5.41) is 65.6. The number of aliphatic hydroxyl groups excluding tert-OH is 5. The molecule has 14 heteroatoms. The van der Waals surface area contributed by atoms with Gasteiger partial charge in [0.15, 0.2) is 12.6 Å². The van der Waals surface area contributed by atoms with Crippen molar-refractivity contribution >= 4 is 0 Å². The van der Waals surface area contributed by atoms with Crippen LogP contribution in [0.2, 0.25) is 0 Å². The standard InChI is InChI=1S/C20H40N4O10/c1-6(21)14-10(26)9(25)11(27)19(32-14)34-16-8(23)4-7(22)15(12(16)28)33-18-13(29)17(24-3)20(2,30)5-31-18/h6-19,24-30H,4-5,21-23H2,1-3H3/t6?,7-,8+,9+,10+,11-,12-,13-,14-,15+,16-,17-,18-,19-,20+/m1/s1. The molecule has 15 atom stereocenters. The molecule has 14 nitrogen and oxygen atoms in total. The van der Waals surface area contributed by atoms with Crippen LogP contribution < -0.4 is 22.5 Å². The van der Waals surface area contributed by atoms with Gasteiger partial charge in [-0.2, -0.15) is 0 Å². The largest absolute Gasteiger partial charge is 0.388 e. The lowest BCUT2D eigenvalue weighted by molar-refractivity contribution is -0.332. The topological polar surface area (TPSA) is 248 Å². The van der Waals surface area contributed by atoms with Gasteiger partial charge in [0.05, 0.1) is 12.6 Å². The zero-order valence-corrected chi connectivity index (χ0v) is 19.5. The maximum Gasteiger partial charge on any atom is 0.187 e. The average Bonchev–Trinajstić information content (AvgIpc) is 2.75. The summed E-state index contributed by atoms with van der Waals surface area (Å²) >= 11 is 0. The summed E-state index contributed by atoms with van der Waals surface area (Å²) in [7, 11) is 1.57. The van der Waals surface area contributed by atoms with Crippen molar-refractivity contribution in [3.8, 4) is 0 Å². The number of likely N-dealkylation sites (N-methyl/N-ethyl adjacent to an activating group) is 1. The van der Waals surface area contributed by atoms with E-state index in [2.05, 4.69) is 5.32 Å². The van der Waals surface area contributed by atoms with E-state index < -0.39 is 91.2 Å². The van der Waals surface area contributed by atoms with Crippen LogP contribution in [0.25, 0.3) is 0 Å². The van der Waals surface area contributed by atoms with Crippen molar-refractivity contribution in [3.05, 3.63) is 0 Å². The fraction of sp³-hybridized carbons (Fsp3) is 1.00. The van der Waals surface area contributed by atoms with Crippen LogP contribution in [0.3, 0.4) is 0 Å². The van der Waals surface area contributed by atoms with E-state index in [1.165, 1.54) is 6.92 Å². The second kappa shape index (κ2) is 10.8. The van der Waals surface area contributed by atoms with Gasteiger partial charge < -0.3 is 72.1 Å². The van der Waals surface area contributed by atoms with Gasteiger partial charge in [0.1, 0.15) is 54.4 Å². The summed E-state index contributed by atoms with van der Waals surface area (Å²) < 4.78 is 22.7. The number of hydrogen-bond donors (Lipinski definition) is 10. The van der Waals surface area contributed by atoms with Crippen LogP contribution in [0.5, 0.6) is 0 Å². The molecule has 2 saturated heterocycles. The highest BCUT2D eigenvalue weighted by Gasteiger charge is 2.52. The second-order valence-corrected chi connectivity index (χ2v) is 9.85. The molecule has 1 saturated carbocycles. The minimum absolute atomic E-state index is 0.140. The first-order valence-electron chi connectivity index (χ1n) is 11.4. The maximum atomic E-state index is 11.0. The Hall–Kier alpha value is -0.560. The molecule has 34 heavy (non-hydrogen) atoms. The molecule has 1 aliphatic carbocycles. The Morgan fingerprint density at radius 3 is 2.00 bits per heavy atom. The molecule has 3 aliphatic rings. The Labute approximate surface area is 197 Å². The van der Waals surface area contributed by atoms with E-state index in [1.807, 2.05) is 0 Å². The molecule has 3 rings (SSSR count). The van der Waals surface area contributed by atoms with Crippen molar-refractivity contribution in [3.63, 3.8) is 0 Å². The molecule has 200 valence electrons. The summed E-state index contributed by atoms with van der Waals surface area (Å²) in [6, 6.07) is -3.01. The minimum Gasteiger partial charge on any atom is -0.388 e. The van der Waals surface area contributed by atoms with Gasteiger partial charge in [0, 0.05) is 18.1 Å². The van der Waals surface area contributed by atoms with Gasteiger partial charge in [-0.05, 0) is 27.3 Å². The van der Waals surface area contributed by atoms with E-state index in [0.29, 0.717) is 0 Å². The van der Waals surface area contributed by atoms with Gasteiger partial charge in [-0.15, -0.1) is 0 Å². The Morgan fingerprint density at radius 2 is 1.47 bits per heavy atom. The summed E-state index contributed by atoms with van der Waals surface area (Å²) in [5.41, 5.74) is 16.8. The predicted octanol–water partition coefficient (Wildman–Crippen LogP) is -5.61. The number of nitrogens with two attached hydrogens (primary N) is 3. The van der Waals surface area contributed by atoms with Crippen molar-refractivity contribution in [2.75, 3.05) is 13.7 Å². The minimum atomic E-state index is -1.64. The Kier molecular flexibility index (Phi) is 8.92. The molecule has 0 aromatic carbocycles. The highest BCUT2D eigenvalue weighted by atomic mass is 16.7. The van der Waals surface area contributed by atoms with Crippen LogP contribution in [0.4, 0.5) is 0 Å². The van der Waals surface area contributed by atoms with Crippen molar-refractivity contribution < 1.29 is 49.6 Å². The lowest BCUT2D eigenvalue weighted by Gasteiger charge is -2.49.